The number of amides is 1. The number of hydrazone groups is 1. The van der Waals surface area contributed by atoms with Gasteiger partial charge in [-0.2, -0.15) is 5.10 Å². The van der Waals surface area contributed by atoms with Gasteiger partial charge in [-0.05, 0) is 18.2 Å². The molecule has 0 aliphatic carbocycles. The molecule has 7 heteroatoms. The number of nitrogens with zero attached hydrogens (tertiary/aromatic N) is 1. The van der Waals surface area contributed by atoms with Gasteiger partial charge in [0.05, 0.1) is 11.2 Å². The first-order valence-electron chi connectivity index (χ1n) is 6.52. The summed E-state index contributed by atoms with van der Waals surface area (Å²) in [7, 11) is 0. The Morgan fingerprint density at radius 3 is 2.74 bits per heavy atom. The van der Waals surface area contributed by atoms with E-state index >= 15 is 0 Å². The van der Waals surface area contributed by atoms with Crippen molar-refractivity contribution in [1.29, 1.82) is 0 Å². The van der Waals surface area contributed by atoms with Crippen LogP contribution in [-0.2, 0) is 0 Å². The van der Waals surface area contributed by atoms with Gasteiger partial charge in [0.2, 0.25) is 0 Å². The quantitative estimate of drug-likeness (QED) is 0.544. The lowest BCUT2D eigenvalue weighted by molar-refractivity contribution is 0.0959. The molecule has 3 nitrogen and oxygen atoms in total. The Hall–Kier alpha value is -2.31. The van der Waals surface area contributed by atoms with E-state index in [2.05, 4.69) is 10.5 Å². The Bertz CT molecular complexity index is 924. The van der Waals surface area contributed by atoms with Crippen molar-refractivity contribution in [2.24, 2.45) is 5.10 Å². The maximum atomic E-state index is 13.4. The van der Waals surface area contributed by atoms with Crippen LogP contribution in [0.15, 0.2) is 47.6 Å². The second kappa shape index (κ2) is 6.44. The number of hydrogen-bond acceptors (Lipinski definition) is 3. The fourth-order valence-corrected chi connectivity index (χ4v) is 3.38. The lowest BCUT2D eigenvalue weighted by Crippen LogP contribution is -2.16. The predicted molar refractivity (Wildman–Crippen MR) is 88.3 cm³/mol. The minimum absolute atomic E-state index is 0.0640. The predicted octanol–water partition coefficient (Wildman–Crippen LogP) is 4.60. The molecular weight excluding hydrogens is 342 g/mol. The highest BCUT2D eigenvalue weighted by Crippen LogP contribution is 2.34. The summed E-state index contributed by atoms with van der Waals surface area (Å²) in [6, 6.07) is 10.4. The number of thiophene rings is 1. The average Bonchev–Trinajstić information content (AvgIpc) is 2.87. The third-order valence-electron chi connectivity index (χ3n) is 3.07. The minimum atomic E-state index is -0.761. The van der Waals surface area contributed by atoms with E-state index < -0.39 is 17.5 Å². The Labute approximate surface area is 139 Å². The summed E-state index contributed by atoms with van der Waals surface area (Å²) in [5, 5.41) is 4.82. The number of carbonyl (C=O) groups is 1. The fraction of sp³-hybridized carbons (Fsp3) is 0. The Morgan fingerprint density at radius 1 is 1.22 bits per heavy atom. The highest BCUT2D eigenvalue weighted by molar-refractivity contribution is 7.21. The lowest BCUT2D eigenvalue weighted by atomic mass is 10.2. The molecule has 3 aromatic rings. The van der Waals surface area contributed by atoms with E-state index in [9.17, 15) is 13.6 Å². The van der Waals surface area contributed by atoms with Gasteiger partial charge < -0.3 is 0 Å². The van der Waals surface area contributed by atoms with Crippen LogP contribution < -0.4 is 5.43 Å². The third kappa shape index (κ3) is 3.23. The van der Waals surface area contributed by atoms with Crippen LogP contribution in [0.1, 0.15) is 15.2 Å². The van der Waals surface area contributed by atoms with Crippen molar-refractivity contribution in [3.8, 4) is 0 Å². The second-order valence-corrected chi connectivity index (χ2v) is 6.04. The molecule has 0 saturated carbocycles. The maximum absolute atomic E-state index is 13.4. The largest absolute Gasteiger partial charge is 0.283 e. The van der Waals surface area contributed by atoms with Crippen LogP contribution in [0.25, 0.3) is 10.1 Å². The number of benzene rings is 2. The summed E-state index contributed by atoms with van der Waals surface area (Å²) in [5.74, 6) is -1.93. The molecule has 0 aliphatic heterocycles. The van der Waals surface area contributed by atoms with E-state index in [0.29, 0.717) is 9.90 Å². The summed E-state index contributed by atoms with van der Waals surface area (Å²) >= 11 is 7.43. The van der Waals surface area contributed by atoms with Crippen molar-refractivity contribution in [2.45, 2.75) is 0 Å². The number of nitrogens with one attached hydrogen (secondary N) is 1. The van der Waals surface area contributed by atoms with Gasteiger partial charge in [-0.1, -0.05) is 29.8 Å². The van der Waals surface area contributed by atoms with Crippen LogP contribution >= 0.6 is 22.9 Å². The van der Waals surface area contributed by atoms with Crippen LogP contribution in [0, 0.1) is 11.6 Å². The summed E-state index contributed by atoms with van der Waals surface area (Å²) in [4.78, 5) is 12.4. The van der Waals surface area contributed by atoms with Crippen molar-refractivity contribution in [3.63, 3.8) is 0 Å². The van der Waals surface area contributed by atoms with Gasteiger partial charge in [0, 0.05) is 21.7 Å². The first-order valence-corrected chi connectivity index (χ1v) is 7.71. The lowest BCUT2D eigenvalue weighted by Gasteiger charge is -1.98. The Balaban J connectivity index is 1.78. The summed E-state index contributed by atoms with van der Waals surface area (Å²) in [6.07, 6.45) is 1.11. The third-order valence-corrected chi connectivity index (χ3v) is 4.75. The van der Waals surface area contributed by atoms with Crippen LogP contribution in [0.2, 0.25) is 5.02 Å². The van der Waals surface area contributed by atoms with Crippen molar-refractivity contribution >= 4 is 45.1 Å². The fourth-order valence-electron chi connectivity index (χ4n) is 1.98. The van der Waals surface area contributed by atoms with Gasteiger partial charge >= 0.3 is 0 Å². The van der Waals surface area contributed by atoms with Crippen molar-refractivity contribution < 1.29 is 13.6 Å². The van der Waals surface area contributed by atoms with E-state index in [-0.39, 0.29) is 5.56 Å². The average molecular weight is 351 g/mol. The van der Waals surface area contributed by atoms with Gasteiger partial charge in [0.25, 0.3) is 5.91 Å². The molecule has 0 radical (unpaired) electrons. The van der Waals surface area contributed by atoms with Crippen LogP contribution in [-0.4, -0.2) is 12.1 Å². The molecule has 0 bridgehead atoms. The Kier molecular flexibility index (Phi) is 4.36. The standard InChI is InChI=1S/C16H9ClF2N2OS/c17-14-11-3-1-2-4-13(11)23-15(14)16(22)21-20-8-9-5-6-10(18)7-12(9)19/h1-8H,(H,21,22)/b20-8+. The SMILES string of the molecule is O=C(N/N=C/c1ccc(F)cc1F)c1sc2ccccc2c1Cl. The first kappa shape index (κ1) is 15.6. The topological polar surface area (TPSA) is 41.5 Å². The molecule has 1 aromatic heterocycles. The highest BCUT2D eigenvalue weighted by Gasteiger charge is 2.16. The number of fused-ring (bicyclic) bond motifs is 1. The first-order chi connectivity index (χ1) is 11.1. The van der Waals surface area contributed by atoms with Gasteiger partial charge in [-0.3, -0.25) is 4.79 Å². The molecule has 1 heterocycles. The summed E-state index contributed by atoms with van der Waals surface area (Å²) in [6.45, 7) is 0. The summed E-state index contributed by atoms with van der Waals surface area (Å²) in [5.41, 5.74) is 2.35. The van der Waals surface area contributed by atoms with Gasteiger partial charge in [0.15, 0.2) is 0 Å². The zero-order valence-electron chi connectivity index (χ0n) is 11.5. The van der Waals surface area contributed by atoms with Gasteiger partial charge in [0.1, 0.15) is 16.5 Å². The zero-order chi connectivity index (χ0) is 16.4. The molecule has 2 aromatic carbocycles. The molecule has 1 N–H and O–H groups in total. The smallest absolute Gasteiger partial charge is 0.266 e. The number of halogens is 3. The van der Waals surface area contributed by atoms with Crippen molar-refractivity contribution in [2.75, 3.05) is 0 Å². The van der Waals surface area contributed by atoms with Crippen molar-refractivity contribution in [1.82, 2.24) is 5.43 Å². The van der Waals surface area contributed by atoms with E-state index in [1.807, 2.05) is 24.3 Å². The number of hydrogen-bond donors (Lipinski definition) is 1. The molecule has 0 fully saturated rings. The second-order valence-electron chi connectivity index (χ2n) is 4.61. The zero-order valence-corrected chi connectivity index (χ0v) is 13.1. The van der Waals surface area contributed by atoms with Crippen LogP contribution in [0.5, 0.6) is 0 Å². The van der Waals surface area contributed by atoms with E-state index in [4.69, 9.17) is 11.6 Å². The number of rotatable bonds is 3. The van der Waals surface area contributed by atoms with E-state index in [0.717, 1.165) is 28.4 Å². The molecule has 0 spiro atoms. The Morgan fingerprint density at radius 2 is 2.00 bits per heavy atom. The molecule has 3 rings (SSSR count). The highest BCUT2D eigenvalue weighted by atomic mass is 35.5. The molecule has 0 atom stereocenters. The van der Waals surface area contributed by atoms with Crippen LogP contribution in [0.4, 0.5) is 8.78 Å². The molecule has 23 heavy (non-hydrogen) atoms. The monoisotopic (exact) mass is 350 g/mol. The molecule has 0 unspecified atom stereocenters. The minimum Gasteiger partial charge on any atom is -0.266 e. The summed E-state index contributed by atoms with van der Waals surface area (Å²) < 4.78 is 27.1. The molecular formula is C16H9ClF2N2OS. The number of carbonyl (C=O) groups excluding carboxylic acids is 1. The van der Waals surface area contributed by atoms with E-state index in [1.165, 1.54) is 17.4 Å². The van der Waals surface area contributed by atoms with Gasteiger partial charge in [-0.25, -0.2) is 14.2 Å². The van der Waals surface area contributed by atoms with Gasteiger partial charge in [-0.15, -0.1) is 11.3 Å². The normalized spacial score (nSPS) is 11.3. The van der Waals surface area contributed by atoms with Crippen LogP contribution in [0.3, 0.4) is 0 Å². The molecule has 0 saturated heterocycles. The molecule has 0 aliphatic rings. The molecule has 1 amide bonds. The van der Waals surface area contributed by atoms with E-state index in [1.54, 1.807) is 0 Å². The molecule has 116 valence electrons. The van der Waals surface area contributed by atoms with Crippen molar-refractivity contribution in [3.05, 3.63) is 69.6 Å². The maximum Gasteiger partial charge on any atom is 0.283 e.